The fraction of sp³-hybridized carbons (Fsp3) is 0.677. The van der Waals surface area contributed by atoms with E-state index >= 15 is 0 Å². The van der Waals surface area contributed by atoms with Crippen molar-refractivity contribution >= 4 is 17.9 Å². The second-order valence-electron chi connectivity index (χ2n) is 19.2. The van der Waals surface area contributed by atoms with Gasteiger partial charge in [0, 0.05) is 19.3 Å². The molecule has 1 atom stereocenters. The van der Waals surface area contributed by atoms with Crippen molar-refractivity contribution in [1.29, 1.82) is 0 Å². The maximum absolute atomic E-state index is 12.8. The highest BCUT2D eigenvalue weighted by Gasteiger charge is 2.19. The molecule has 6 nitrogen and oxygen atoms in total. The SMILES string of the molecule is CC/C=C\C/C=C\C/C=C\C/C=C\C/C=C\C/C=C\C/C=C\C/C=C\CCCCCCC(=O)OCC(COC(=O)CCCCCCC/C=C\CCCC)OC(=O)CCCCCCCCCCCCCCC. The van der Waals surface area contributed by atoms with Crippen LogP contribution in [0.15, 0.2) is 109 Å². The van der Waals surface area contributed by atoms with Gasteiger partial charge in [0.15, 0.2) is 6.10 Å². The van der Waals surface area contributed by atoms with Crippen LogP contribution < -0.4 is 0 Å². The molecule has 0 fully saturated rings. The molecule has 0 saturated heterocycles. The number of allylic oxidation sites excluding steroid dienone is 18. The first-order valence-electron chi connectivity index (χ1n) is 29.4. The number of hydrogen-bond donors (Lipinski definition) is 0. The zero-order chi connectivity index (χ0) is 51.4. The number of unbranched alkanes of at least 4 members (excludes halogenated alkanes) is 23. The number of ether oxygens (including phenoxy) is 3. The van der Waals surface area contributed by atoms with Gasteiger partial charge in [-0.3, -0.25) is 14.4 Å². The van der Waals surface area contributed by atoms with Crippen molar-refractivity contribution in [1.82, 2.24) is 0 Å². The Bertz CT molecular complexity index is 1460. The highest BCUT2D eigenvalue weighted by atomic mass is 16.6. The maximum atomic E-state index is 12.8. The topological polar surface area (TPSA) is 78.9 Å². The summed E-state index contributed by atoms with van der Waals surface area (Å²) in [5.74, 6) is -0.923. The first-order chi connectivity index (χ1) is 35.0. The molecular weight excluding hydrogens is 877 g/mol. The zero-order valence-corrected chi connectivity index (χ0v) is 46.2. The molecule has 404 valence electrons. The molecule has 0 aliphatic heterocycles. The molecule has 1 unspecified atom stereocenters. The lowest BCUT2D eigenvalue weighted by Crippen LogP contribution is -2.30. The predicted molar refractivity (Wildman–Crippen MR) is 307 cm³/mol. The summed E-state index contributed by atoms with van der Waals surface area (Å²) in [5.41, 5.74) is 0. The van der Waals surface area contributed by atoms with E-state index in [1.54, 1.807) is 0 Å². The summed E-state index contributed by atoms with van der Waals surface area (Å²) in [7, 11) is 0. The van der Waals surface area contributed by atoms with E-state index in [4.69, 9.17) is 14.2 Å². The first-order valence-corrected chi connectivity index (χ1v) is 29.4. The minimum atomic E-state index is -0.791. The minimum absolute atomic E-state index is 0.0897. The summed E-state index contributed by atoms with van der Waals surface area (Å²) < 4.78 is 16.8. The van der Waals surface area contributed by atoms with Crippen molar-refractivity contribution in [2.75, 3.05) is 13.2 Å². The van der Waals surface area contributed by atoms with Gasteiger partial charge in [-0.15, -0.1) is 0 Å². The average Bonchev–Trinajstić information content (AvgIpc) is 3.37. The second kappa shape index (κ2) is 58.6. The number of hydrogen-bond acceptors (Lipinski definition) is 6. The third-order valence-corrected chi connectivity index (χ3v) is 12.3. The molecular formula is C65H108O6. The Morgan fingerprint density at radius 1 is 0.296 bits per heavy atom. The standard InChI is InChI=1S/C65H108O6/c1-4-7-10-13-16-19-22-24-25-26-27-28-29-30-31-32-33-34-35-36-37-38-39-41-43-46-49-52-55-58-64(67)70-61-62(60-69-63(66)57-54-51-48-45-42-21-18-15-12-9-6-3)71-65(68)59-56-53-50-47-44-40-23-20-17-14-11-8-5-2/h7,10,15-16,18-19,24-25,27-28,30-31,33-34,36-37,39,41,62H,4-6,8-9,11-14,17,20-23,26,29,32,35,38,40,42-61H2,1-3H3/b10-7-,18-15-,19-16-,25-24-,28-27-,31-30-,34-33-,37-36-,41-39-. The van der Waals surface area contributed by atoms with Gasteiger partial charge in [-0.05, 0) is 103 Å². The van der Waals surface area contributed by atoms with E-state index in [9.17, 15) is 14.4 Å². The molecule has 0 bridgehead atoms. The molecule has 71 heavy (non-hydrogen) atoms. The summed E-state index contributed by atoms with van der Waals surface area (Å²) in [6, 6.07) is 0. The molecule has 0 rings (SSSR count). The van der Waals surface area contributed by atoms with Gasteiger partial charge in [0.1, 0.15) is 13.2 Å². The van der Waals surface area contributed by atoms with E-state index in [0.717, 1.165) is 128 Å². The number of rotatable bonds is 52. The van der Waals surface area contributed by atoms with Gasteiger partial charge in [0.2, 0.25) is 0 Å². The van der Waals surface area contributed by atoms with Gasteiger partial charge in [0.25, 0.3) is 0 Å². The van der Waals surface area contributed by atoms with E-state index in [-0.39, 0.29) is 31.1 Å². The molecule has 0 radical (unpaired) electrons. The van der Waals surface area contributed by atoms with Crippen molar-refractivity contribution in [2.45, 2.75) is 271 Å². The van der Waals surface area contributed by atoms with Gasteiger partial charge in [-0.2, -0.15) is 0 Å². The van der Waals surface area contributed by atoms with E-state index < -0.39 is 6.10 Å². The molecule has 0 aliphatic rings. The Balaban J connectivity index is 4.32. The average molecular weight is 986 g/mol. The van der Waals surface area contributed by atoms with Gasteiger partial charge in [-0.25, -0.2) is 0 Å². The lowest BCUT2D eigenvalue weighted by molar-refractivity contribution is -0.167. The van der Waals surface area contributed by atoms with Crippen LogP contribution in [0.1, 0.15) is 265 Å². The molecule has 0 aromatic carbocycles. The highest BCUT2D eigenvalue weighted by Crippen LogP contribution is 2.15. The van der Waals surface area contributed by atoms with Crippen molar-refractivity contribution in [3.05, 3.63) is 109 Å². The largest absolute Gasteiger partial charge is 0.462 e. The monoisotopic (exact) mass is 985 g/mol. The predicted octanol–water partition coefficient (Wildman–Crippen LogP) is 19.9. The van der Waals surface area contributed by atoms with Crippen LogP contribution in [0.4, 0.5) is 0 Å². The lowest BCUT2D eigenvalue weighted by Gasteiger charge is -2.18. The maximum Gasteiger partial charge on any atom is 0.306 e. The third-order valence-electron chi connectivity index (χ3n) is 12.3. The summed E-state index contributed by atoms with van der Waals surface area (Å²) >= 11 is 0. The van der Waals surface area contributed by atoms with Crippen molar-refractivity contribution in [3.63, 3.8) is 0 Å². The fourth-order valence-corrected chi connectivity index (χ4v) is 7.85. The molecule has 0 spiro atoms. The zero-order valence-electron chi connectivity index (χ0n) is 46.2. The number of carbonyl (C=O) groups excluding carboxylic acids is 3. The third kappa shape index (κ3) is 56.9. The van der Waals surface area contributed by atoms with Crippen molar-refractivity contribution < 1.29 is 28.6 Å². The Hall–Kier alpha value is -3.93. The van der Waals surface area contributed by atoms with Crippen molar-refractivity contribution in [2.24, 2.45) is 0 Å². The van der Waals surface area contributed by atoms with Crippen LogP contribution in [0.2, 0.25) is 0 Å². The van der Waals surface area contributed by atoms with E-state index in [2.05, 4.69) is 130 Å². The van der Waals surface area contributed by atoms with E-state index in [0.29, 0.717) is 19.3 Å². The van der Waals surface area contributed by atoms with Gasteiger partial charge < -0.3 is 14.2 Å². The number of esters is 3. The minimum Gasteiger partial charge on any atom is -0.462 e. The quantitative estimate of drug-likeness (QED) is 0.0261. The Morgan fingerprint density at radius 2 is 0.563 bits per heavy atom. The van der Waals surface area contributed by atoms with Crippen molar-refractivity contribution in [3.8, 4) is 0 Å². The van der Waals surface area contributed by atoms with E-state index in [1.165, 1.54) is 96.3 Å². The lowest BCUT2D eigenvalue weighted by atomic mass is 10.0. The second-order valence-corrected chi connectivity index (χ2v) is 19.2. The molecule has 0 N–H and O–H groups in total. The Labute approximate surface area is 438 Å². The van der Waals surface area contributed by atoms with E-state index in [1.807, 2.05) is 0 Å². The first kappa shape index (κ1) is 67.1. The molecule has 0 saturated carbocycles. The molecule has 0 aliphatic carbocycles. The van der Waals surface area contributed by atoms with Gasteiger partial charge in [0.05, 0.1) is 0 Å². The van der Waals surface area contributed by atoms with Crippen LogP contribution in [0.25, 0.3) is 0 Å². The van der Waals surface area contributed by atoms with Gasteiger partial charge in [-0.1, -0.05) is 252 Å². The Kier molecular flexibility index (Phi) is 55.4. The van der Waals surface area contributed by atoms with Crippen LogP contribution in [0.3, 0.4) is 0 Å². The molecule has 0 aromatic rings. The van der Waals surface area contributed by atoms with Crippen LogP contribution in [-0.4, -0.2) is 37.2 Å². The molecule has 0 aromatic heterocycles. The highest BCUT2D eigenvalue weighted by molar-refractivity contribution is 5.71. The summed E-state index contributed by atoms with van der Waals surface area (Å²) in [6.45, 7) is 6.46. The molecule has 0 amide bonds. The summed E-state index contributed by atoms with van der Waals surface area (Å²) in [5, 5.41) is 0. The molecule has 0 heterocycles. The Morgan fingerprint density at radius 3 is 0.915 bits per heavy atom. The van der Waals surface area contributed by atoms with Crippen LogP contribution in [0, 0.1) is 0 Å². The summed E-state index contributed by atoms with van der Waals surface area (Å²) in [6.07, 6.45) is 79.4. The van der Waals surface area contributed by atoms with Crippen LogP contribution in [0.5, 0.6) is 0 Å². The summed E-state index contributed by atoms with van der Waals surface area (Å²) in [4.78, 5) is 38.1. The number of carbonyl (C=O) groups is 3. The fourth-order valence-electron chi connectivity index (χ4n) is 7.85. The van der Waals surface area contributed by atoms with Crippen LogP contribution >= 0.6 is 0 Å². The molecule has 6 heteroatoms. The smallest absolute Gasteiger partial charge is 0.306 e. The van der Waals surface area contributed by atoms with Gasteiger partial charge >= 0.3 is 17.9 Å². The van der Waals surface area contributed by atoms with Crippen LogP contribution in [-0.2, 0) is 28.6 Å². The normalized spacial score (nSPS) is 12.9.